The molecule has 1 aromatic heterocycles. The molecule has 1 N–H and O–H groups in total. The fourth-order valence-corrected chi connectivity index (χ4v) is 1.61. The van der Waals surface area contributed by atoms with Crippen LogP contribution in [0.5, 0.6) is 0 Å². The summed E-state index contributed by atoms with van der Waals surface area (Å²) < 4.78 is 27.5. The Labute approximate surface area is 110 Å². The fourth-order valence-electron chi connectivity index (χ4n) is 1.61. The number of benzene rings is 1. The number of nitrogens with one attached hydrogen (secondary N) is 1. The molecule has 102 valence electrons. The van der Waals surface area contributed by atoms with E-state index < -0.39 is 11.6 Å². The first-order valence-corrected chi connectivity index (χ1v) is 6.10. The Hall–Kier alpha value is -1.82. The first-order valence-electron chi connectivity index (χ1n) is 6.10. The lowest BCUT2D eigenvalue weighted by molar-refractivity contribution is 0.505. The van der Waals surface area contributed by atoms with E-state index in [1.807, 2.05) is 13.8 Å². The molecule has 0 radical (unpaired) electrons. The standard InChI is InChI=1S/C13H16F2N4/c1-9(2)16-6-13-17-8-19(18-13)7-10-3-4-11(14)12(15)5-10/h3-5,8-9,16H,6-7H2,1-2H3. The molecular weight excluding hydrogens is 250 g/mol. The Kier molecular flexibility index (Phi) is 4.21. The molecule has 0 aliphatic heterocycles. The third kappa shape index (κ3) is 3.82. The molecule has 0 atom stereocenters. The molecule has 2 rings (SSSR count). The third-order valence-corrected chi connectivity index (χ3v) is 2.58. The maximum atomic E-state index is 13.1. The topological polar surface area (TPSA) is 42.7 Å². The summed E-state index contributed by atoms with van der Waals surface area (Å²) in [5.41, 5.74) is 0.646. The molecule has 0 amide bonds. The lowest BCUT2D eigenvalue weighted by atomic mass is 10.2. The van der Waals surface area contributed by atoms with Crippen LogP contribution in [-0.2, 0) is 13.1 Å². The number of hydrogen-bond donors (Lipinski definition) is 1. The van der Waals surface area contributed by atoms with E-state index in [0.717, 1.165) is 6.07 Å². The van der Waals surface area contributed by atoms with E-state index in [1.54, 1.807) is 11.0 Å². The summed E-state index contributed by atoms with van der Waals surface area (Å²) in [6.45, 7) is 5.03. The smallest absolute Gasteiger partial charge is 0.164 e. The van der Waals surface area contributed by atoms with Gasteiger partial charge in [-0.3, -0.25) is 0 Å². The minimum Gasteiger partial charge on any atom is -0.308 e. The summed E-state index contributed by atoms with van der Waals surface area (Å²) in [4.78, 5) is 4.15. The molecule has 0 saturated carbocycles. The highest BCUT2D eigenvalue weighted by molar-refractivity contribution is 5.17. The summed E-state index contributed by atoms with van der Waals surface area (Å²) >= 11 is 0. The monoisotopic (exact) mass is 266 g/mol. The Morgan fingerprint density at radius 3 is 2.74 bits per heavy atom. The van der Waals surface area contributed by atoms with Crippen molar-refractivity contribution in [2.45, 2.75) is 33.0 Å². The Morgan fingerprint density at radius 2 is 2.05 bits per heavy atom. The van der Waals surface area contributed by atoms with Crippen LogP contribution in [-0.4, -0.2) is 20.8 Å². The lowest BCUT2D eigenvalue weighted by Gasteiger charge is -2.04. The Morgan fingerprint density at radius 1 is 1.26 bits per heavy atom. The molecule has 0 bridgehead atoms. The van der Waals surface area contributed by atoms with Gasteiger partial charge in [-0.15, -0.1) is 0 Å². The average molecular weight is 266 g/mol. The summed E-state index contributed by atoms with van der Waals surface area (Å²) in [7, 11) is 0. The highest BCUT2D eigenvalue weighted by atomic mass is 19.2. The van der Waals surface area contributed by atoms with Crippen molar-refractivity contribution < 1.29 is 8.78 Å². The molecule has 0 aliphatic rings. The van der Waals surface area contributed by atoms with Gasteiger partial charge >= 0.3 is 0 Å². The predicted octanol–water partition coefficient (Wildman–Crippen LogP) is 2.10. The van der Waals surface area contributed by atoms with Crippen LogP contribution in [0.25, 0.3) is 0 Å². The number of rotatable bonds is 5. The van der Waals surface area contributed by atoms with E-state index in [4.69, 9.17) is 0 Å². The molecule has 0 unspecified atom stereocenters. The van der Waals surface area contributed by atoms with Crippen molar-refractivity contribution in [1.82, 2.24) is 20.1 Å². The molecule has 2 aromatic rings. The lowest BCUT2D eigenvalue weighted by Crippen LogP contribution is -2.22. The Bertz CT molecular complexity index is 551. The number of hydrogen-bond acceptors (Lipinski definition) is 3. The van der Waals surface area contributed by atoms with Crippen LogP contribution in [0.2, 0.25) is 0 Å². The minimum atomic E-state index is -0.848. The van der Waals surface area contributed by atoms with Gasteiger partial charge < -0.3 is 5.32 Å². The maximum absolute atomic E-state index is 13.1. The van der Waals surface area contributed by atoms with E-state index in [9.17, 15) is 8.78 Å². The fraction of sp³-hybridized carbons (Fsp3) is 0.385. The molecular formula is C13H16F2N4. The molecule has 4 nitrogen and oxygen atoms in total. The zero-order chi connectivity index (χ0) is 13.8. The molecule has 19 heavy (non-hydrogen) atoms. The summed E-state index contributed by atoms with van der Waals surface area (Å²) in [6.07, 6.45) is 1.58. The minimum absolute atomic E-state index is 0.359. The van der Waals surface area contributed by atoms with Gasteiger partial charge in [-0.05, 0) is 17.7 Å². The molecule has 1 aromatic carbocycles. The zero-order valence-electron chi connectivity index (χ0n) is 10.9. The van der Waals surface area contributed by atoms with Crippen molar-refractivity contribution in [3.8, 4) is 0 Å². The van der Waals surface area contributed by atoms with Crippen LogP contribution in [0.15, 0.2) is 24.5 Å². The van der Waals surface area contributed by atoms with Gasteiger partial charge in [0.2, 0.25) is 0 Å². The predicted molar refractivity (Wildman–Crippen MR) is 67.5 cm³/mol. The van der Waals surface area contributed by atoms with E-state index >= 15 is 0 Å². The molecule has 0 spiro atoms. The van der Waals surface area contributed by atoms with Crippen LogP contribution in [0, 0.1) is 11.6 Å². The van der Waals surface area contributed by atoms with Crippen molar-refractivity contribution in [1.29, 1.82) is 0 Å². The molecule has 1 heterocycles. The average Bonchev–Trinajstić information content (AvgIpc) is 2.79. The largest absolute Gasteiger partial charge is 0.308 e. The van der Waals surface area contributed by atoms with Crippen molar-refractivity contribution >= 4 is 0 Å². The van der Waals surface area contributed by atoms with Crippen LogP contribution in [0.1, 0.15) is 25.2 Å². The van der Waals surface area contributed by atoms with Crippen molar-refractivity contribution in [2.75, 3.05) is 0 Å². The van der Waals surface area contributed by atoms with Gasteiger partial charge in [0.05, 0.1) is 13.1 Å². The van der Waals surface area contributed by atoms with Gasteiger partial charge in [0, 0.05) is 6.04 Å². The third-order valence-electron chi connectivity index (χ3n) is 2.58. The number of nitrogens with zero attached hydrogens (tertiary/aromatic N) is 3. The van der Waals surface area contributed by atoms with Crippen LogP contribution in [0.4, 0.5) is 8.78 Å². The second-order valence-corrected chi connectivity index (χ2v) is 4.64. The highest BCUT2D eigenvalue weighted by Gasteiger charge is 2.05. The van der Waals surface area contributed by atoms with Gasteiger partial charge in [0.1, 0.15) is 6.33 Å². The number of aromatic nitrogens is 3. The van der Waals surface area contributed by atoms with Gasteiger partial charge in [-0.1, -0.05) is 19.9 Å². The molecule has 0 aliphatic carbocycles. The van der Waals surface area contributed by atoms with Crippen molar-refractivity contribution in [2.24, 2.45) is 0 Å². The summed E-state index contributed by atoms with van der Waals surface area (Å²) in [5, 5.41) is 7.46. The number of halogens is 2. The van der Waals surface area contributed by atoms with Crippen LogP contribution < -0.4 is 5.32 Å². The van der Waals surface area contributed by atoms with E-state index in [-0.39, 0.29) is 0 Å². The zero-order valence-corrected chi connectivity index (χ0v) is 10.9. The van der Waals surface area contributed by atoms with Crippen LogP contribution >= 0.6 is 0 Å². The van der Waals surface area contributed by atoms with Gasteiger partial charge in [-0.2, -0.15) is 5.10 Å². The molecule has 6 heteroatoms. The van der Waals surface area contributed by atoms with E-state index in [0.29, 0.717) is 30.5 Å². The van der Waals surface area contributed by atoms with Crippen molar-refractivity contribution in [3.05, 3.63) is 47.5 Å². The van der Waals surface area contributed by atoms with Crippen molar-refractivity contribution in [3.63, 3.8) is 0 Å². The van der Waals surface area contributed by atoms with Crippen LogP contribution in [0.3, 0.4) is 0 Å². The highest BCUT2D eigenvalue weighted by Crippen LogP contribution is 2.09. The van der Waals surface area contributed by atoms with Gasteiger partial charge in [0.15, 0.2) is 17.5 Å². The second-order valence-electron chi connectivity index (χ2n) is 4.64. The first-order chi connectivity index (χ1) is 9.04. The second kappa shape index (κ2) is 5.88. The molecule has 0 saturated heterocycles. The first kappa shape index (κ1) is 13.6. The van der Waals surface area contributed by atoms with Gasteiger partial charge in [0.25, 0.3) is 0 Å². The summed E-state index contributed by atoms with van der Waals surface area (Å²) in [6, 6.07) is 4.18. The van der Waals surface area contributed by atoms with E-state index in [2.05, 4.69) is 15.4 Å². The van der Waals surface area contributed by atoms with E-state index in [1.165, 1.54) is 12.1 Å². The maximum Gasteiger partial charge on any atom is 0.164 e. The Balaban J connectivity index is 2.01. The quantitative estimate of drug-likeness (QED) is 0.901. The van der Waals surface area contributed by atoms with Gasteiger partial charge in [-0.25, -0.2) is 18.4 Å². The SMILES string of the molecule is CC(C)NCc1ncn(Cc2ccc(F)c(F)c2)n1. The normalized spacial score (nSPS) is 11.2. The molecule has 0 fully saturated rings. The summed E-state index contributed by atoms with van der Waals surface area (Å²) in [5.74, 6) is -1.01.